The molecule has 0 unspecified atom stereocenters. The highest BCUT2D eigenvalue weighted by atomic mass is 16.3. The molecule has 0 spiro atoms. The molecule has 0 radical (unpaired) electrons. The Balaban J connectivity index is 1.31. The van der Waals surface area contributed by atoms with Crippen LogP contribution in [0, 0.1) is 0 Å². The van der Waals surface area contributed by atoms with Gasteiger partial charge in [0.25, 0.3) is 0 Å². The second-order valence-corrected chi connectivity index (χ2v) is 8.05. The number of hydrogen-bond donors (Lipinski definition) is 4. The first kappa shape index (κ1) is 24.3. The van der Waals surface area contributed by atoms with E-state index in [1.165, 1.54) is 0 Å². The van der Waals surface area contributed by atoms with Gasteiger partial charge in [-0.05, 0) is 66.0 Å². The molecule has 38 heavy (non-hydrogen) atoms. The van der Waals surface area contributed by atoms with Crippen LogP contribution >= 0.6 is 0 Å². The highest BCUT2D eigenvalue weighted by molar-refractivity contribution is 5.94. The normalized spacial score (nSPS) is 11.3. The molecular weight excluding hydrogens is 480 g/mol. The fraction of sp³-hybridized carbons (Fsp3) is 0.0741. The number of phenols is 1. The van der Waals surface area contributed by atoms with Crippen molar-refractivity contribution in [3.05, 3.63) is 84.9 Å². The summed E-state index contributed by atoms with van der Waals surface area (Å²) >= 11 is 0. The van der Waals surface area contributed by atoms with E-state index >= 15 is 0 Å². The van der Waals surface area contributed by atoms with Crippen LogP contribution in [0.1, 0.15) is 0 Å². The molecular formula is C27H24N10O. The molecule has 0 amide bonds. The zero-order chi connectivity index (χ0) is 26.3. The number of phenolic OH excluding ortho intramolecular Hbond substituents is 1. The van der Waals surface area contributed by atoms with Gasteiger partial charge in [0.15, 0.2) is 5.75 Å². The van der Waals surface area contributed by atoms with Crippen molar-refractivity contribution in [1.82, 2.24) is 15.0 Å². The van der Waals surface area contributed by atoms with Crippen LogP contribution in [0.2, 0.25) is 0 Å². The number of fused-ring (bicyclic) bond motifs is 1. The van der Waals surface area contributed by atoms with Gasteiger partial charge in [-0.2, -0.15) is 30.3 Å². The van der Waals surface area contributed by atoms with E-state index in [4.69, 9.17) is 0 Å². The van der Waals surface area contributed by atoms with Gasteiger partial charge in [0.1, 0.15) is 5.69 Å². The number of nitrogens with zero attached hydrogens (tertiary/aromatic N) is 7. The van der Waals surface area contributed by atoms with Crippen molar-refractivity contribution in [2.45, 2.75) is 0 Å². The van der Waals surface area contributed by atoms with Crippen molar-refractivity contribution in [2.24, 2.45) is 20.5 Å². The van der Waals surface area contributed by atoms with Gasteiger partial charge in [-0.1, -0.05) is 24.3 Å². The molecule has 0 saturated heterocycles. The van der Waals surface area contributed by atoms with E-state index < -0.39 is 0 Å². The molecule has 0 aliphatic carbocycles. The van der Waals surface area contributed by atoms with Gasteiger partial charge in [0.05, 0.1) is 17.1 Å². The van der Waals surface area contributed by atoms with Gasteiger partial charge in [-0.25, -0.2) is 0 Å². The third-order valence-corrected chi connectivity index (χ3v) is 5.47. The lowest BCUT2D eigenvalue weighted by Gasteiger charge is -2.10. The molecule has 188 valence electrons. The minimum atomic E-state index is 0.0428. The van der Waals surface area contributed by atoms with Crippen LogP contribution in [0.15, 0.2) is 105 Å². The second kappa shape index (κ2) is 11.1. The maximum atomic E-state index is 10.8. The summed E-state index contributed by atoms with van der Waals surface area (Å²) < 4.78 is 0. The molecule has 0 fully saturated rings. The maximum Gasteiger partial charge on any atom is 0.233 e. The van der Waals surface area contributed by atoms with Gasteiger partial charge >= 0.3 is 0 Å². The van der Waals surface area contributed by atoms with Crippen molar-refractivity contribution in [2.75, 3.05) is 30.0 Å². The number of anilines is 4. The molecule has 5 rings (SSSR count). The molecule has 11 nitrogen and oxygen atoms in total. The Morgan fingerprint density at radius 1 is 0.605 bits per heavy atom. The molecule has 0 bridgehead atoms. The monoisotopic (exact) mass is 504 g/mol. The first-order valence-electron chi connectivity index (χ1n) is 11.7. The minimum Gasteiger partial charge on any atom is -0.505 e. The molecule has 0 atom stereocenters. The molecule has 11 heteroatoms. The summed E-state index contributed by atoms with van der Waals surface area (Å²) in [6.07, 6.45) is 0. The largest absolute Gasteiger partial charge is 0.505 e. The van der Waals surface area contributed by atoms with E-state index in [1.807, 2.05) is 48.5 Å². The van der Waals surface area contributed by atoms with E-state index in [1.54, 1.807) is 50.5 Å². The van der Waals surface area contributed by atoms with E-state index in [0.717, 1.165) is 16.8 Å². The van der Waals surface area contributed by atoms with Crippen LogP contribution in [-0.2, 0) is 0 Å². The van der Waals surface area contributed by atoms with Crippen molar-refractivity contribution < 1.29 is 5.11 Å². The lowest BCUT2D eigenvalue weighted by molar-refractivity contribution is 0.482. The summed E-state index contributed by atoms with van der Waals surface area (Å²) in [6.45, 7) is 0. The molecule has 0 aliphatic rings. The summed E-state index contributed by atoms with van der Waals surface area (Å²) in [5, 5.41) is 38.2. The topological polar surface area (TPSA) is 144 Å². The number of aromatic hydroxyl groups is 1. The maximum absolute atomic E-state index is 10.8. The van der Waals surface area contributed by atoms with Crippen LogP contribution in [0.3, 0.4) is 0 Å². The predicted molar refractivity (Wildman–Crippen MR) is 149 cm³/mol. The van der Waals surface area contributed by atoms with E-state index in [0.29, 0.717) is 40.3 Å². The highest BCUT2D eigenvalue weighted by Crippen LogP contribution is 2.37. The first-order valence-corrected chi connectivity index (χ1v) is 11.7. The number of rotatable bonds is 8. The number of hydrogen-bond acceptors (Lipinski definition) is 11. The molecule has 0 aliphatic heterocycles. The Bertz CT molecular complexity index is 1600. The molecule has 5 aromatic rings. The number of benzene rings is 4. The fourth-order valence-corrected chi connectivity index (χ4v) is 3.55. The molecule has 0 saturated carbocycles. The van der Waals surface area contributed by atoms with Crippen molar-refractivity contribution in [3.8, 4) is 5.75 Å². The summed E-state index contributed by atoms with van der Waals surface area (Å²) in [5.41, 5.74) is 3.23. The lowest BCUT2D eigenvalue weighted by atomic mass is 10.1. The Kier molecular flexibility index (Phi) is 7.07. The second-order valence-electron chi connectivity index (χ2n) is 8.05. The fourth-order valence-electron chi connectivity index (χ4n) is 3.55. The third-order valence-electron chi connectivity index (χ3n) is 5.47. The standard InChI is InChI=1S/C27H24N10O/c1-28-25-31-26(29-2)33-27(32-25)30-21-13-14-22-17(16-21)8-15-23(24(22)38)37-36-20-11-9-19(10-12-20)35-34-18-6-4-3-5-7-18/h3-16,38H,1-2H3,(H3,28,29,30,31,32,33). The number of azo groups is 2. The van der Waals surface area contributed by atoms with Crippen molar-refractivity contribution >= 4 is 57.1 Å². The third kappa shape index (κ3) is 5.68. The van der Waals surface area contributed by atoms with Gasteiger partial charge < -0.3 is 21.1 Å². The first-order chi connectivity index (χ1) is 18.6. The number of nitrogens with one attached hydrogen (secondary N) is 3. The summed E-state index contributed by atoms with van der Waals surface area (Å²) in [6, 6.07) is 25.8. The summed E-state index contributed by atoms with van der Waals surface area (Å²) in [5.74, 6) is 1.30. The Morgan fingerprint density at radius 2 is 1.18 bits per heavy atom. The smallest absolute Gasteiger partial charge is 0.233 e. The molecule has 4 aromatic carbocycles. The van der Waals surface area contributed by atoms with E-state index in [9.17, 15) is 5.11 Å². The SMILES string of the molecule is CNc1nc(NC)nc(Nc2ccc3c(O)c(N=Nc4ccc(N=Nc5ccccc5)cc4)ccc3c2)n1. The van der Waals surface area contributed by atoms with Gasteiger partial charge in [-0.15, -0.1) is 5.11 Å². The Labute approximate surface area is 218 Å². The lowest BCUT2D eigenvalue weighted by Crippen LogP contribution is -2.07. The average Bonchev–Trinajstić information content (AvgIpc) is 2.96. The van der Waals surface area contributed by atoms with Gasteiger partial charge in [0.2, 0.25) is 17.8 Å². The Morgan fingerprint density at radius 3 is 1.82 bits per heavy atom. The average molecular weight is 505 g/mol. The van der Waals surface area contributed by atoms with Crippen LogP contribution in [-0.4, -0.2) is 34.2 Å². The van der Waals surface area contributed by atoms with Crippen LogP contribution in [0.25, 0.3) is 10.8 Å². The van der Waals surface area contributed by atoms with E-state index in [2.05, 4.69) is 51.4 Å². The van der Waals surface area contributed by atoms with E-state index in [-0.39, 0.29) is 5.75 Å². The van der Waals surface area contributed by atoms with Crippen LogP contribution in [0.4, 0.5) is 46.3 Å². The zero-order valence-corrected chi connectivity index (χ0v) is 20.7. The van der Waals surface area contributed by atoms with Crippen molar-refractivity contribution in [3.63, 3.8) is 0 Å². The van der Waals surface area contributed by atoms with Crippen LogP contribution < -0.4 is 16.0 Å². The molecule has 4 N–H and O–H groups in total. The zero-order valence-electron chi connectivity index (χ0n) is 20.7. The quantitative estimate of drug-likeness (QED) is 0.161. The Hall–Kier alpha value is -5.45. The summed E-state index contributed by atoms with van der Waals surface area (Å²) in [4.78, 5) is 12.8. The van der Waals surface area contributed by atoms with Gasteiger partial charge in [-0.3, -0.25) is 0 Å². The van der Waals surface area contributed by atoms with Crippen LogP contribution in [0.5, 0.6) is 5.75 Å². The number of aromatic nitrogens is 3. The minimum absolute atomic E-state index is 0.0428. The van der Waals surface area contributed by atoms with Gasteiger partial charge in [0, 0.05) is 25.2 Å². The molecule has 1 aromatic heterocycles. The predicted octanol–water partition coefficient (Wildman–Crippen LogP) is 7.39. The highest BCUT2D eigenvalue weighted by Gasteiger charge is 2.09. The molecule has 1 heterocycles. The van der Waals surface area contributed by atoms with Crippen molar-refractivity contribution in [1.29, 1.82) is 0 Å². The summed E-state index contributed by atoms with van der Waals surface area (Å²) in [7, 11) is 3.47.